The lowest BCUT2D eigenvalue weighted by Crippen LogP contribution is -2.27. The summed E-state index contributed by atoms with van der Waals surface area (Å²) in [5.74, 6) is 0.528. The SMILES string of the molecule is CCn1nc(C)c(Br)c1CC(N)CSc1cccc(F)c1. The minimum Gasteiger partial charge on any atom is -0.327 e. The fourth-order valence-electron chi connectivity index (χ4n) is 2.13. The summed E-state index contributed by atoms with van der Waals surface area (Å²) in [5.41, 5.74) is 8.33. The Balaban J connectivity index is 1.97. The van der Waals surface area contributed by atoms with Crippen LogP contribution in [0, 0.1) is 12.7 Å². The third-order valence-corrected chi connectivity index (χ3v) is 5.38. The second-order valence-electron chi connectivity index (χ2n) is 4.89. The molecule has 0 bridgehead atoms. The lowest BCUT2D eigenvalue weighted by atomic mass is 10.2. The molecule has 114 valence electrons. The number of aryl methyl sites for hydroxylation is 2. The molecule has 0 aliphatic heterocycles. The van der Waals surface area contributed by atoms with Gasteiger partial charge in [-0.05, 0) is 48.0 Å². The topological polar surface area (TPSA) is 43.8 Å². The van der Waals surface area contributed by atoms with E-state index in [1.54, 1.807) is 17.8 Å². The smallest absolute Gasteiger partial charge is 0.124 e. The van der Waals surface area contributed by atoms with Crippen molar-refractivity contribution in [2.75, 3.05) is 5.75 Å². The van der Waals surface area contributed by atoms with Gasteiger partial charge in [0.15, 0.2) is 0 Å². The number of nitrogens with zero attached hydrogens (tertiary/aromatic N) is 2. The monoisotopic (exact) mass is 371 g/mol. The van der Waals surface area contributed by atoms with Crippen LogP contribution in [0.5, 0.6) is 0 Å². The molecule has 0 saturated heterocycles. The molecule has 1 unspecified atom stereocenters. The second kappa shape index (κ2) is 7.42. The third-order valence-electron chi connectivity index (χ3n) is 3.17. The summed E-state index contributed by atoms with van der Waals surface area (Å²) < 4.78 is 16.1. The minimum atomic E-state index is -0.212. The number of thioether (sulfide) groups is 1. The Morgan fingerprint density at radius 3 is 2.90 bits per heavy atom. The van der Waals surface area contributed by atoms with Crippen molar-refractivity contribution in [3.05, 3.63) is 45.9 Å². The number of rotatable bonds is 6. The first-order valence-corrected chi connectivity index (χ1v) is 8.64. The van der Waals surface area contributed by atoms with Gasteiger partial charge in [0.25, 0.3) is 0 Å². The van der Waals surface area contributed by atoms with Crippen molar-refractivity contribution in [1.82, 2.24) is 9.78 Å². The molecular weight excluding hydrogens is 353 g/mol. The average Bonchev–Trinajstić information content (AvgIpc) is 2.73. The molecule has 6 heteroatoms. The van der Waals surface area contributed by atoms with Gasteiger partial charge in [-0.1, -0.05) is 6.07 Å². The molecule has 2 rings (SSSR count). The van der Waals surface area contributed by atoms with Crippen molar-refractivity contribution in [2.24, 2.45) is 5.73 Å². The molecule has 0 radical (unpaired) electrons. The lowest BCUT2D eigenvalue weighted by Gasteiger charge is -2.13. The maximum absolute atomic E-state index is 13.1. The zero-order chi connectivity index (χ0) is 15.4. The van der Waals surface area contributed by atoms with Gasteiger partial charge in [0, 0.05) is 29.7 Å². The second-order valence-corrected chi connectivity index (χ2v) is 6.78. The predicted octanol–water partition coefficient (Wildman–Crippen LogP) is 3.78. The molecule has 0 saturated carbocycles. The number of nitrogens with two attached hydrogens (primary N) is 1. The molecule has 1 aromatic heterocycles. The van der Waals surface area contributed by atoms with Crippen molar-refractivity contribution in [3.63, 3.8) is 0 Å². The van der Waals surface area contributed by atoms with E-state index >= 15 is 0 Å². The van der Waals surface area contributed by atoms with Crippen LogP contribution in [0.4, 0.5) is 4.39 Å². The van der Waals surface area contributed by atoms with Gasteiger partial charge in [0.1, 0.15) is 5.82 Å². The fourth-order valence-corrected chi connectivity index (χ4v) is 3.47. The Morgan fingerprint density at radius 2 is 2.24 bits per heavy atom. The van der Waals surface area contributed by atoms with E-state index in [0.717, 1.165) is 39.5 Å². The largest absolute Gasteiger partial charge is 0.327 e. The van der Waals surface area contributed by atoms with Crippen molar-refractivity contribution in [2.45, 2.75) is 37.8 Å². The zero-order valence-electron chi connectivity index (χ0n) is 12.1. The summed E-state index contributed by atoms with van der Waals surface area (Å²) in [4.78, 5) is 0.907. The van der Waals surface area contributed by atoms with Crippen LogP contribution in [0.3, 0.4) is 0 Å². The molecule has 1 aromatic carbocycles. The minimum absolute atomic E-state index is 0.00373. The van der Waals surface area contributed by atoms with E-state index in [0.29, 0.717) is 0 Å². The number of benzene rings is 1. The molecule has 2 N–H and O–H groups in total. The summed E-state index contributed by atoms with van der Waals surface area (Å²) in [6, 6.07) is 6.60. The first-order valence-electron chi connectivity index (χ1n) is 6.87. The summed E-state index contributed by atoms with van der Waals surface area (Å²) in [6.07, 6.45) is 0.748. The predicted molar refractivity (Wildman–Crippen MR) is 89.1 cm³/mol. The first-order chi connectivity index (χ1) is 10.0. The summed E-state index contributed by atoms with van der Waals surface area (Å²) in [6.45, 7) is 4.87. The Bertz CT molecular complexity index is 615. The van der Waals surface area contributed by atoms with Gasteiger partial charge in [-0.15, -0.1) is 11.8 Å². The number of aromatic nitrogens is 2. The molecule has 21 heavy (non-hydrogen) atoms. The molecule has 0 spiro atoms. The summed E-state index contributed by atoms with van der Waals surface area (Å²) >= 11 is 5.16. The number of halogens is 2. The number of hydrogen-bond donors (Lipinski definition) is 1. The highest BCUT2D eigenvalue weighted by atomic mass is 79.9. The Hall–Kier alpha value is -0.850. The van der Waals surface area contributed by atoms with Crippen LogP contribution in [-0.4, -0.2) is 21.6 Å². The molecule has 0 fully saturated rings. The maximum Gasteiger partial charge on any atom is 0.124 e. The molecule has 0 aliphatic carbocycles. The molecule has 1 heterocycles. The van der Waals surface area contributed by atoms with Gasteiger partial charge in [0.2, 0.25) is 0 Å². The van der Waals surface area contributed by atoms with Crippen molar-refractivity contribution in [1.29, 1.82) is 0 Å². The van der Waals surface area contributed by atoms with Gasteiger partial charge in [-0.3, -0.25) is 4.68 Å². The molecule has 0 amide bonds. The van der Waals surface area contributed by atoms with Gasteiger partial charge in [-0.2, -0.15) is 5.10 Å². The van der Waals surface area contributed by atoms with Crippen LogP contribution in [0.1, 0.15) is 18.3 Å². The van der Waals surface area contributed by atoms with E-state index in [1.165, 1.54) is 12.1 Å². The van der Waals surface area contributed by atoms with Crippen LogP contribution in [0.2, 0.25) is 0 Å². The first kappa shape index (κ1) is 16.5. The third kappa shape index (κ3) is 4.31. The molecule has 3 nitrogen and oxygen atoms in total. The van der Waals surface area contributed by atoms with Gasteiger partial charge < -0.3 is 5.73 Å². The van der Waals surface area contributed by atoms with Crippen LogP contribution in [0.15, 0.2) is 33.6 Å². The quantitative estimate of drug-likeness (QED) is 0.785. The van der Waals surface area contributed by atoms with Gasteiger partial charge in [0.05, 0.1) is 15.9 Å². The molecule has 2 aromatic rings. The van der Waals surface area contributed by atoms with E-state index in [2.05, 4.69) is 28.0 Å². The Morgan fingerprint density at radius 1 is 1.48 bits per heavy atom. The molecule has 1 atom stereocenters. The van der Waals surface area contributed by atoms with E-state index < -0.39 is 0 Å². The van der Waals surface area contributed by atoms with Crippen molar-refractivity contribution >= 4 is 27.7 Å². The highest BCUT2D eigenvalue weighted by Crippen LogP contribution is 2.24. The highest BCUT2D eigenvalue weighted by Gasteiger charge is 2.15. The summed E-state index contributed by atoms with van der Waals surface area (Å²) in [5, 5.41) is 4.47. The molecular formula is C15H19BrFN3S. The van der Waals surface area contributed by atoms with Crippen LogP contribution >= 0.6 is 27.7 Å². The zero-order valence-corrected chi connectivity index (χ0v) is 14.5. The highest BCUT2D eigenvalue weighted by molar-refractivity contribution is 9.10. The number of hydrogen-bond acceptors (Lipinski definition) is 3. The van der Waals surface area contributed by atoms with Crippen molar-refractivity contribution in [3.8, 4) is 0 Å². The van der Waals surface area contributed by atoms with Crippen LogP contribution < -0.4 is 5.73 Å². The Kier molecular flexibility index (Phi) is 5.84. The van der Waals surface area contributed by atoms with E-state index in [4.69, 9.17) is 5.73 Å². The summed E-state index contributed by atoms with van der Waals surface area (Å²) in [7, 11) is 0. The van der Waals surface area contributed by atoms with Crippen molar-refractivity contribution < 1.29 is 4.39 Å². The fraction of sp³-hybridized carbons (Fsp3) is 0.400. The van der Waals surface area contributed by atoms with E-state index in [-0.39, 0.29) is 11.9 Å². The van der Waals surface area contributed by atoms with E-state index in [9.17, 15) is 4.39 Å². The standard InChI is InChI=1S/C15H19BrFN3S/c1-3-20-14(15(16)10(2)19-20)8-12(18)9-21-13-6-4-5-11(17)7-13/h4-7,12H,3,8-9,18H2,1-2H3. The Labute approximate surface area is 137 Å². The van der Waals surface area contributed by atoms with Gasteiger partial charge in [-0.25, -0.2) is 4.39 Å². The van der Waals surface area contributed by atoms with Gasteiger partial charge >= 0.3 is 0 Å². The molecule has 0 aliphatic rings. The van der Waals surface area contributed by atoms with Crippen LogP contribution in [0.25, 0.3) is 0 Å². The average molecular weight is 372 g/mol. The van der Waals surface area contributed by atoms with E-state index in [1.807, 2.05) is 17.7 Å². The lowest BCUT2D eigenvalue weighted by molar-refractivity contribution is 0.593. The maximum atomic E-state index is 13.1. The van der Waals surface area contributed by atoms with Crippen LogP contribution in [-0.2, 0) is 13.0 Å². The normalized spacial score (nSPS) is 12.6.